The molecule has 1 aromatic rings. The number of rotatable bonds is 6. The van der Waals surface area contributed by atoms with Crippen LogP contribution in [0.1, 0.15) is 29.8 Å². The molecule has 0 saturated carbocycles. The summed E-state index contributed by atoms with van der Waals surface area (Å²) in [6.07, 6.45) is -0.407. The van der Waals surface area contributed by atoms with E-state index < -0.39 is 6.10 Å². The lowest BCUT2D eigenvalue weighted by Crippen LogP contribution is -2.39. The summed E-state index contributed by atoms with van der Waals surface area (Å²) in [5.74, 6) is -0.108. The maximum absolute atomic E-state index is 12.1. The summed E-state index contributed by atoms with van der Waals surface area (Å²) in [4.78, 5) is 23.6. The monoisotopic (exact) mass is 334 g/mol. The summed E-state index contributed by atoms with van der Waals surface area (Å²) in [7, 11) is 0. The van der Waals surface area contributed by atoms with Crippen molar-refractivity contribution in [3.8, 4) is 0 Å². The minimum atomic E-state index is -0.407. The molecular formula is C17H26N4O3. The highest BCUT2D eigenvalue weighted by atomic mass is 16.3. The van der Waals surface area contributed by atoms with Gasteiger partial charge in [-0.15, -0.1) is 0 Å². The molecule has 1 heterocycles. The zero-order valence-electron chi connectivity index (χ0n) is 14.1. The molecule has 1 aliphatic heterocycles. The molecule has 1 aromatic carbocycles. The van der Waals surface area contributed by atoms with Crippen LogP contribution in [-0.4, -0.2) is 48.8 Å². The van der Waals surface area contributed by atoms with Crippen molar-refractivity contribution in [2.45, 2.75) is 32.5 Å². The molecule has 2 atom stereocenters. The van der Waals surface area contributed by atoms with Crippen molar-refractivity contribution in [3.05, 3.63) is 35.4 Å². The van der Waals surface area contributed by atoms with Gasteiger partial charge in [0.05, 0.1) is 6.10 Å². The maximum atomic E-state index is 12.1. The van der Waals surface area contributed by atoms with Crippen LogP contribution in [0.25, 0.3) is 0 Å². The standard InChI is InChI=1S/C17H26N4O3/c1-11(2)21-17(24)20-7-12-3-5-13(6-4-12)16(23)19-9-14-8-18-10-15(14)22/h3-6,11,14-15,18,22H,7-10H2,1-2H3,(H,19,23)(H2,20,21,24). The van der Waals surface area contributed by atoms with Gasteiger partial charge in [0.1, 0.15) is 0 Å². The second-order valence-electron chi connectivity index (χ2n) is 6.37. The van der Waals surface area contributed by atoms with Gasteiger partial charge in [-0.05, 0) is 31.5 Å². The van der Waals surface area contributed by atoms with Crippen LogP contribution in [0.3, 0.4) is 0 Å². The Kier molecular flexibility index (Phi) is 6.57. The van der Waals surface area contributed by atoms with Gasteiger partial charge >= 0.3 is 6.03 Å². The summed E-state index contributed by atoms with van der Waals surface area (Å²) in [6, 6.07) is 6.97. The van der Waals surface area contributed by atoms with Gasteiger partial charge < -0.3 is 26.4 Å². The summed E-state index contributed by atoms with van der Waals surface area (Å²) in [6.45, 7) is 5.93. The first-order valence-electron chi connectivity index (χ1n) is 8.26. The molecule has 1 fully saturated rings. The molecule has 0 spiro atoms. The summed E-state index contributed by atoms with van der Waals surface area (Å²) < 4.78 is 0. The average Bonchev–Trinajstić information content (AvgIpc) is 2.95. The number of carbonyl (C=O) groups excluding carboxylic acids is 2. The quantitative estimate of drug-likeness (QED) is 0.513. The second-order valence-corrected chi connectivity index (χ2v) is 6.37. The van der Waals surface area contributed by atoms with Crippen LogP contribution in [0.15, 0.2) is 24.3 Å². The molecular weight excluding hydrogens is 308 g/mol. The molecule has 0 aromatic heterocycles. The van der Waals surface area contributed by atoms with E-state index in [1.807, 2.05) is 26.0 Å². The molecule has 2 rings (SSSR count). The van der Waals surface area contributed by atoms with Gasteiger partial charge in [0, 0.05) is 43.7 Å². The van der Waals surface area contributed by atoms with Crippen molar-refractivity contribution in [3.63, 3.8) is 0 Å². The molecule has 3 amide bonds. The molecule has 24 heavy (non-hydrogen) atoms. The highest BCUT2D eigenvalue weighted by Crippen LogP contribution is 2.08. The van der Waals surface area contributed by atoms with Crippen LogP contribution in [0, 0.1) is 5.92 Å². The normalized spacial score (nSPS) is 20.0. The fraction of sp³-hybridized carbons (Fsp3) is 0.529. The van der Waals surface area contributed by atoms with Gasteiger partial charge in [0.15, 0.2) is 0 Å². The van der Waals surface area contributed by atoms with Gasteiger partial charge in [0.2, 0.25) is 0 Å². The fourth-order valence-electron chi connectivity index (χ4n) is 2.52. The van der Waals surface area contributed by atoms with Crippen LogP contribution in [0.5, 0.6) is 0 Å². The Morgan fingerprint density at radius 3 is 2.50 bits per heavy atom. The van der Waals surface area contributed by atoms with E-state index in [4.69, 9.17) is 0 Å². The fourth-order valence-corrected chi connectivity index (χ4v) is 2.52. The van der Waals surface area contributed by atoms with E-state index in [1.54, 1.807) is 12.1 Å². The SMILES string of the molecule is CC(C)NC(=O)NCc1ccc(C(=O)NCC2CNCC2O)cc1. The van der Waals surface area contributed by atoms with Crippen LogP contribution in [0.2, 0.25) is 0 Å². The van der Waals surface area contributed by atoms with E-state index in [2.05, 4.69) is 21.3 Å². The third-order valence-corrected chi connectivity index (χ3v) is 3.92. The van der Waals surface area contributed by atoms with Gasteiger partial charge in [-0.3, -0.25) is 4.79 Å². The number of aliphatic hydroxyl groups is 1. The summed E-state index contributed by atoms with van der Waals surface area (Å²) in [5, 5.41) is 21.2. The zero-order chi connectivity index (χ0) is 17.5. The first-order chi connectivity index (χ1) is 11.5. The van der Waals surface area contributed by atoms with Gasteiger partial charge in [-0.2, -0.15) is 0 Å². The summed E-state index contributed by atoms with van der Waals surface area (Å²) in [5.41, 5.74) is 1.48. The molecule has 0 aliphatic carbocycles. The summed E-state index contributed by atoms with van der Waals surface area (Å²) >= 11 is 0. The highest BCUT2D eigenvalue weighted by Gasteiger charge is 2.25. The lowest BCUT2D eigenvalue weighted by molar-refractivity contribution is 0.0927. The number of hydrogen-bond acceptors (Lipinski definition) is 4. The Labute approximate surface area is 142 Å². The van der Waals surface area contributed by atoms with Crippen LogP contribution in [-0.2, 0) is 6.54 Å². The predicted molar refractivity (Wildman–Crippen MR) is 91.6 cm³/mol. The maximum Gasteiger partial charge on any atom is 0.315 e. The Balaban J connectivity index is 1.78. The van der Waals surface area contributed by atoms with Crippen LogP contribution >= 0.6 is 0 Å². The molecule has 1 saturated heterocycles. The molecule has 1 aliphatic rings. The zero-order valence-corrected chi connectivity index (χ0v) is 14.1. The van der Waals surface area contributed by atoms with Crippen molar-refractivity contribution in [1.82, 2.24) is 21.3 Å². The average molecular weight is 334 g/mol. The van der Waals surface area contributed by atoms with Crippen molar-refractivity contribution in [1.29, 1.82) is 0 Å². The molecule has 0 radical (unpaired) electrons. The Hall–Kier alpha value is -2.12. The smallest absolute Gasteiger partial charge is 0.315 e. The lowest BCUT2D eigenvalue weighted by atomic mass is 10.1. The van der Waals surface area contributed by atoms with E-state index >= 15 is 0 Å². The topological polar surface area (TPSA) is 102 Å². The molecule has 0 bridgehead atoms. The van der Waals surface area contributed by atoms with Crippen molar-refractivity contribution in [2.24, 2.45) is 5.92 Å². The largest absolute Gasteiger partial charge is 0.391 e. The van der Waals surface area contributed by atoms with E-state index in [1.165, 1.54) is 0 Å². The molecule has 7 heteroatoms. The number of urea groups is 1. The highest BCUT2D eigenvalue weighted by molar-refractivity contribution is 5.94. The third-order valence-electron chi connectivity index (χ3n) is 3.92. The lowest BCUT2D eigenvalue weighted by Gasteiger charge is -2.14. The molecule has 2 unspecified atom stereocenters. The van der Waals surface area contributed by atoms with Crippen molar-refractivity contribution >= 4 is 11.9 Å². The predicted octanol–water partition coefficient (Wildman–Crippen LogP) is 0.204. The van der Waals surface area contributed by atoms with Crippen LogP contribution in [0.4, 0.5) is 4.79 Å². The number of nitrogens with one attached hydrogen (secondary N) is 4. The first-order valence-corrected chi connectivity index (χ1v) is 8.26. The van der Waals surface area contributed by atoms with Gasteiger partial charge in [-0.25, -0.2) is 4.79 Å². The Morgan fingerprint density at radius 1 is 1.21 bits per heavy atom. The molecule has 132 valence electrons. The minimum absolute atomic E-state index is 0.0527. The van der Waals surface area contributed by atoms with E-state index in [-0.39, 0.29) is 23.9 Å². The number of hydrogen-bond donors (Lipinski definition) is 5. The van der Waals surface area contributed by atoms with E-state index in [0.29, 0.717) is 31.7 Å². The van der Waals surface area contributed by atoms with E-state index in [0.717, 1.165) is 5.56 Å². The minimum Gasteiger partial charge on any atom is -0.391 e. The van der Waals surface area contributed by atoms with Crippen molar-refractivity contribution < 1.29 is 14.7 Å². The Morgan fingerprint density at radius 2 is 1.92 bits per heavy atom. The van der Waals surface area contributed by atoms with E-state index in [9.17, 15) is 14.7 Å². The number of carbonyl (C=O) groups is 2. The number of benzene rings is 1. The van der Waals surface area contributed by atoms with Gasteiger partial charge in [-0.1, -0.05) is 12.1 Å². The Bertz CT molecular complexity index is 559. The first kappa shape index (κ1) is 18.2. The second kappa shape index (κ2) is 8.65. The molecule has 7 nitrogen and oxygen atoms in total. The molecule has 5 N–H and O–H groups in total. The van der Waals surface area contributed by atoms with Crippen molar-refractivity contribution in [2.75, 3.05) is 19.6 Å². The number of β-amino-alcohol motifs (C(OH)–C–C–N with tert-alkyl or cyclic N) is 1. The third kappa shape index (κ3) is 5.50. The van der Waals surface area contributed by atoms with Crippen LogP contribution < -0.4 is 21.3 Å². The van der Waals surface area contributed by atoms with Gasteiger partial charge in [0.25, 0.3) is 5.91 Å². The number of amides is 3. The number of aliphatic hydroxyl groups excluding tert-OH is 1.